The van der Waals surface area contributed by atoms with Crippen molar-refractivity contribution in [2.24, 2.45) is 5.73 Å². The van der Waals surface area contributed by atoms with Gasteiger partial charge in [-0.3, -0.25) is 4.39 Å². The molecule has 7 heteroatoms. The fourth-order valence-corrected chi connectivity index (χ4v) is 2.01. The molecule has 0 bridgehead atoms. The third-order valence-corrected chi connectivity index (χ3v) is 2.79. The van der Waals surface area contributed by atoms with Crippen molar-refractivity contribution >= 4 is 24.2 Å². The van der Waals surface area contributed by atoms with Crippen molar-refractivity contribution < 1.29 is 17.6 Å². The van der Waals surface area contributed by atoms with Crippen LogP contribution < -0.4 is 5.73 Å². The average molecular weight is 290 g/mol. The largest absolute Gasteiger partial charge is 0.446 e. The molecule has 17 heavy (non-hydrogen) atoms. The Morgan fingerprint density at radius 3 is 2.35 bits per heavy atom. The summed E-state index contributed by atoms with van der Waals surface area (Å²) >= 11 is -0.221. The molecule has 1 aromatic carbocycles. The predicted octanol–water partition coefficient (Wildman–Crippen LogP) is 4.08. The topological polar surface area (TPSA) is 26.0 Å². The molecule has 0 saturated carbocycles. The van der Waals surface area contributed by atoms with E-state index in [0.717, 1.165) is 0 Å². The normalized spacial score (nSPS) is 13.0. The fourth-order valence-electron chi connectivity index (χ4n) is 1.28. The number of rotatable bonds is 4. The molecule has 0 heterocycles. The maximum absolute atomic E-state index is 12.2. The van der Waals surface area contributed by atoms with Crippen LogP contribution in [-0.4, -0.2) is 12.2 Å². The van der Waals surface area contributed by atoms with E-state index in [1.54, 1.807) is 6.07 Å². The minimum Gasteiger partial charge on any atom is -0.324 e. The van der Waals surface area contributed by atoms with Crippen LogP contribution in [-0.2, 0) is 0 Å². The van der Waals surface area contributed by atoms with E-state index < -0.39 is 18.2 Å². The van der Waals surface area contributed by atoms with Gasteiger partial charge in [0.15, 0.2) is 0 Å². The van der Waals surface area contributed by atoms with Gasteiger partial charge in [0.05, 0.1) is 6.67 Å². The Hall–Kier alpha value is -0.460. The Labute approximate surface area is 107 Å². The average Bonchev–Trinajstić information content (AvgIpc) is 2.16. The first-order chi connectivity index (χ1) is 7.44. The molecular formula is C10H12ClF4NS. The van der Waals surface area contributed by atoms with Crippen LogP contribution in [0.3, 0.4) is 0 Å². The number of hydrogen-bond donors (Lipinski definition) is 1. The third kappa shape index (κ3) is 5.61. The Morgan fingerprint density at radius 2 is 1.82 bits per heavy atom. The number of alkyl halides is 4. The lowest BCUT2D eigenvalue weighted by atomic mass is 10.1. The summed E-state index contributed by atoms with van der Waals surface area (Å²) in [6, 6.07) is 5.23. The van der Waals surface area contributed by atoms with Gasteiger partial charge in [0.2, 0.25) is 0 Å². The van der Waals surface area contributed by atoms with Crippen LogP contribution in [0.2, 0.25) is 0 Å². The highest BCUT2D eigenvalue weighted by Gasteiger charge is 2.30. The molecule has 0 fully saturated rings. The van der Waals surface area contributed by atoms with Crippen molar-refractivity contribution in [2.75, 3.05) is 6.67 Å². The number of thioether (sulfide) groups is 1. The standard InChI is InChI=1S/C10H11F4NS.ClH/c11-6-5-8(15)7-3-1-2-4-9(7)16-10(12,13)14;/h1-4,8H,5-6,15H2;1H/t8-;/m0./s1. The van der Waals surface area contributed by atoms with Crippen LogP contribution in [0.1, 0.15) is 18.0 Å². The highest BCUT2D eigenvalue weighted by Crippen LogP contribution is 2.40. The van der Waals surface area contributed by atoms with Crippen LogP contribution in [0.5, 0.6) is 0 Å². The van der Waals surface area contributed by atoms with Crippen molar-refractivity contribution in [1.82, 2.24) is 0 Å². The molecule has 1 nitrogen and oxygen atoms in total. The van der Waals surface area contributed by atoms with Gasteiger partial charge in [0, 0.05) is 10.9 Å². The molecule has 98 valence electrons. The van der Waals surface area contributed by atoms with E-state index >= 15 is 0 Å². The van der Waals surface area contributed by atoms with Gasteiger partial charge in [0.25, 0.3) is 0 Å². The molecule has 0 aliphatic carbocycles. The summed E-state index contributed by atoms with van der Waals surface area (Å²) in [5, 5.41) is 0. The second-order valence-corrected chi connectivity index (χ2v) is 4.28. The summed E-state index contributed by atoms with van der Waals surface area (Å²) in [5.41, 5.74) is 1.58. The van der Waals surface area contributed by atoms with Crippen LogP contribution in [0, 0.1) is 0 Å². The maximum atomic E-state index is 12.2. The molecular weight excluding hydrogens is 278 g/mol. The lowest BCUT2D eigenvalue weighted by Crippen LogP contribution is -2.13. The van der Waals surface area contributed by atoms with Crippen molar-refractivity contribution in [3.63, 3.8) is 0 Å². The third-order valence-electron chi connectivity index (χ3n) is 1.96. The van der Waals surface area contributed by atoms with Gasteiger partial charge in [-0.2, -0.15) is 13.2 Å². The van der Waals surface area contributed by atoms with Gasteiger partial charge >= 0.3 is 5.51 Å². The van der Waals surface area contributed by atoms with Gasteiger partial charge in [-0.05, 0) is 29.8 Å². The van der Waals surface area contributed by atoms with E-state index in [-0.39, 0.29) is 35.5 Å². The van der Waals surface area contributed by atoms with Crippen LogP contribution in [0.25, 0.3) is 0 Å². The molecule has 0 unspecified atom stereocenters. The van der Waals surface area contributed by atoms with E-state index in [1.165, 1.54) is 18.2 Å². The molecule has 1 rings (SSSR count). The Balaban J connectivity index is 0.00000256. The van der Waals surface area contributed by atoms with Gasteiger partial charge in [-0.15, -0.1) is 12.4 Å². The van der Waals surface area contributed by atoms with Crippen LogP contribution >= 0.6 is 24.2 Å². The quantitative estimate of drug-likeness (QED) is 0.668. The van der Waals surface area contributed by atoms with Crippen molar-refractivity contribution in [3.8, 4) is 0 Å². The van der Waals surface area contributed by atoms with E-state index in [0.29, 0.717) is 5.56 Å². The first-order valence-electron chi connectivity index (χ1n) is 4.60. The van der Waals surface area contributed by atoms with Crippen LogP contribution in [0.4, 0.5) is 17.6 Å². The van der Waals surface area contributed by atoms with Gasteiger partial charge in [-0.1, -0.05) is 18.2 Å². The zero-order valence-corrected chi connectivity index (χ0v) is 10.3. The summed E-state index contributed by atoms with van der Waals surface area (Å²) in [4.78, 5) is 0.0379. The van der Waals surface area contributed by atoms with E-state index in [2.05, 4.69) is 0 Å². The zero-order chi connectivity index (χ0) is 12.2. The summed E-state index contributed by atoms with van der Waals surface area (Å²) in [6.45, 7) is -0.647. The number of nitrogens with two attached hydrogens (primary N) is 1. The highest BCUT2D eigenvalue weighted by molar-refractivity contribution is 8.00. The summed E-state index contributed by atoms with van der Waals surface area (Å²) < 4.78 is 48.7. The van der Waals surface area contributed by atoms with Gasteiger partial charge < -0.3 is 5.73 Å². The molecule has 2 N–H and O–H groups in total. The summed E-state index contributed by atoms with van der Waals surface area (Å²) in [5.74, 6) is 0. The lowest BCUT2D eigenvalue weighted by molar-refractivity contribution is -0.0328. The number of hydrogen-bond acceptors (Lipinski definition) is 2. The molecule has 0 amide bonds. The van der Waals surface area contributed by atoms with Crippen molar-refractivity contribution in [3.05, 3.63) is 29.8 Å². The number of halogens is 5. The minimum atomic E-state index is -4.36. The molecule has 0 saturated heterocycles. The second-order valence-electron chi connectivity index (χ2n) is 3.17. The maximum Gasteiger partial charge on any atom is 0.446 e. The SMILES string of the molecule is Cl.N[C@@H](CCF)c1ccccc1SC(F)(F)F. The van der Waals surface area contributed by atoms with Crippen molar-refractivity contribution in [1.29, 1.82) is 0 Å². The second kappa shape index (κ2) is 7.08. The van der Waals surface area contributed by atoms with Crippen molar-refractivity contribution in [2.45, 2.75) is 22.9 Å². The molecule has 0 radical (unpaired) electrons. The smallest absolute Gasteiger partial charge is 0.324 e. The lowest BCUT2D eigenvalue weighted by Gasteiger charge is -2.15. The molecule has 0 aromatic heterocycles. The van der Waals surface area contributed by atoms with Gasteiger partial charge in [-0.25, -0.2) is 0 Å². The van der Waals surface area contributed by atoms with Crippen LogP contribution in [0.15, 0.2) is 29.2 Å². The predicted molar refractivity (Wildman–Crippen MR) is 63.1 cm³/mol. The Morgan fingerprint density at radius 1 is 1.24 bits per heavy atom. The number of benzene rings is 1. The Bertz CT molecular complexity index is 345. The first kappa shape index (κ1) is 16.5. The molecule has 1 aromatic rings. The molecule has 1 atom stereocenters. The molecule has 0 spiro atoms. The van der Waals surface area contributed by atoms with Gasteiger partial charge in [0.1, 0.15) is 0 Å². The minimum absolute atomic E-state index is 0. The van der Waals surface area contributed by atoms with E-state index in [9.17, 15) is 17.6 Å². The van der Waals surface area contributed by atoms with E-state index in [4.69, 9.17) is 5.73 Å². The molecule has 0 aliphatic heterocycles. The van der Waals surface area contributed by atoms with E-state index in [1.807, 2.05) is 0 Å². The zero-order valence-electron chi connectivity index (χ0n) is 8.71. The fraction of sp³-hybridized carbons (Fsp3) is 0.400. The highest BCUT2D eigenvalue weighted by atomic mass is 35.5. The summed E-state index contributed by atoms with van der Waals surface area (Å²) in [6.07, 6.45) is 0.0232. The monoisotopic (exact) mass is 289 g/mol. The first-order valence-corrected chi connectivity index (χ1v) is 5.42. The summed E-state index contributed by atoms with van der Waals surface area (Å²) in [7, 11) is 0. The molecule has 0 aliphatic rings. The Kier molecular flexibility index (Phi) is 6.89.